The summed E-state index contributed by atoms with van der Waals surface area (Å²) in [6.45, 7) is 5.28. The number of hydrogen-bond acceptors (Lipinski definition) is 3. The molecule has 0 aliphatic rings. The van der Waals surface area contributed by atoms with Gasteiger partial charge in [-0.1, -0.05) is 18.2 Å². The van der Waals surface area contributed by atoms with Gasteiger partial charge in [-0.15, -0.1) is 0 Å². The van der Waals surface area contributed by atoms with Crippen molar-refractivity contribution in [1.29, 1.82) is 0 Å². The van der Waals surface area contributed by atoms with Crippen LogP contribution in [-0.4, -0.2) is 17.9 Å². The van der Waals surface area contributed by atoms with Crippen molar-refractivity contribution < 1.29 is 14.3 Å². The van der Waals surface area contributed by atoms with E-state index in [4.69, 9.17) is 4.74 Å². The van der Waals surface area contributed by atoms with Crippen molar-refractivity contribution in [3.8, 4) is 5.75 Å². The molecule has 2 aromatic rings. The smallest absolute Gasteiger partial charge is 0.255 e. The van der Waals surface area contributed by atoms with Crippen LogP contribution in [0.5, 0.6) is 5.75 Å². The SMILES string of the molecule is CC(=O)Nc1ccccc1NC(=O)c1cccc(OC(C)C)c1. The molecule has 0 bridgehead atoms. The summed E-state index contributed by atoms with van der Waals surface area (Å²) < 4.78 is 5.59. The minimum Gasteiger partial charge on any atom is -0.491 e. The number of nitrogens with one attached hydrogen (secondary N) is 2. The summed E-state index contributed by atoms with van der Waals surface area (Å²) in [6, 6.07) is 14.0. The average Bonchev–Trinajstić information content (AvgIpc) is 2.48. The number of carbonyl (C=O) groups is 2. The van der Waals surface area contributed by atoms with Gasteiger partial charge in [-0.2, -0.15) is 0 Å². The highest BCUT2D eigenvalue weighted by Gasteiger charge is 2.11. The van der Waals surface area contributed by atoms with Crippen LogP contribution in [0.4, 0.5) is 11.4 Å². The molecular weight excluding hydrogens is 292 g/mol. The zero-order valence-corrected chi connectivity index (χ0v) is 13.4. The third kappa shape index (κ3) is 4.85. The Hall–Kier alpha value is -2.82. The molecule has 0 aliphatic carbocycles. The molecule has 0 aromatic heterocycles. The molecule has 2 aromatic carbocycles. The number of ether oxygens (including phenoxy) is 1. The van der Waals surface area contributed by atoms with Crippen LogP contribution >= 0.6 is 0 Å². The van der Waals surface area contributed by atoms with E-state index < -0.39 is 0 Å². The van der Waals surface area contributed by atoms with Crippen LogP contribution in [0.25, 0.3) is 0 Å². The van der Waals surface area contributed by atoms with E-state index in [0.29, 0.717) is 22.7 Å². The third-order valence-corrected chi connectivity index (χ3v) is 2.95. The number of amides is 2. The Kier molecular flexibility index (Phi) is 5.36. The molecule has 0 heterocycles. The van der Waals surface area contributed by atoms with Crippen molar-refractivity contribution >= 4 is 23.2 Å². The fraction of sp³-hybridized carbons (Fsp3) is 0.222. The first-order valence-corrected chi connectivity index (χ1v) is 7.40. The van der Waals surface area contributed by atoms with Crippen molar-refractivity contribution in [3.63, 3.8) is 0 Å². The Bertz CT molecular complexity index is 711. The van der Waals surface area contributed by atoms with Gasteiger partial charge in [-0.05, 0) is 44.2 Å². The number of carbonyl (C=O) groups excluding carboxylic acids is 2. The van der Waals surface area contributed by atoms with E-state index in [1.807, 2.05) is 19.9 Å². The van der Waals surface area contributed by atoms with Gasteiger partial charge in [0, 0.05) is 12.5 Å². The van der Waals surface area contributed by atoms with Gasteiger partial charge in [-0.25, -0.2) is 0 Å². The molecular formula is C18H20N2O3. The number of hydrogen-bond donors (Lipinski definition) is 2. The average molecular weight is 312 g/mol. The highest BCUT2D eigenvalue weighted by Crippen LogP contribution is 2.22. The molecule has 0 saturated heterocycles. The molecule has 2 rings (SSSR count). The number of benzene rings is 2. The molecule has 2 amide bonds. The molecule has 0 atom stereocenters. The second-order valence-corrected chi connectivity index (χ2v) is 5.38. The van der Waals surface area contributed by atoms with Crippen LogP contribution in [-0.2, 0) is 4.79 Å². The first-order valence-electron chi connectivity index (χ1n) is 7.40. The molecule has 0 fully saturated rings. The van der Waals surface area contributed by atoms with Gasteiger partial charge in [0.25, 0.3) is 5.91 Å². The van der Waals surface area contributed by atoms with E-state index in [1.54, 1.807) is 42.5 Å². The quantitative estimate of drug-likeness (QED) is 0.885. The zero-order chi connectivity index (χ0) is 16.8. The van der Waals surface area contributed by atoms with Gasteiger partial charge >= 0.3 is 0 Å². The van der Waals surface area contributed by atoms with Gasteiger partial charge in [0.15, 0.2) is 0 Å². The lowest BCUT2D eigenvalue weighted by Crippen LogP contribution is -2.15. The van der Waals surface area contributed by atoms with Gasteiger partial charge in [0.1, 0.15) is 5.75 Å². The van der Waals surface area contributed by atoms with Crippen LogP contribution in [0.3, 0.4) is 0 Å². The molecule has 0 spiro atoms. The predicted molar refractivity (Wildman–Crippen MR) is 90.9 cm³/mol. The van der Waals surface area contributed by atoms with Gasteiger partial charge in [0.05, 0.1) is 17.5 Å². The summed E-state index contributed by atoms with van der Waals surface area (Å²) >= 11 is 0. The third-order valence-electron chi connectivity index (χ3n) is 2.95. The Balaban J connectivity index is 2.18. The number of rotatable bonds is 5. The van der Waals surface area contributed by atoms with Gasteiger partial charge in [0.2, 0.25) is 5.91 Å². The molecule has 2 N–H and O–H groups in total. The minimum absolute atomic E-state index is 0.0359. The maximum Gasteiger partial charge on any atom is 0.255 e. The van der Waals surface area contributed by atoms with Crippen LogP contribution in [0.15, 0.2) is 48.5 Å². The van der Waals surface area contributed by atoms with Crippen LogP contribution in [0.1, 0.15) is 31.1 Å². The van der Waals surface area contributed by atoms with E-state index in [1.165, 1.54) is 6.92 Å². The van der Waals surface area contributed by atoms with Gasteiger partial charge < -0.3 is 15.4 Å². The van der Waals surface area contributed by atoms with Crippen molar-refractivity contribution in [1.82, 2.24) is 0 Å². The summed E-state index contributed by atoms with van der Waals surface area (Å²) in [4.78, 5) is 23.6. The Labute approximate surface area is 135 Å². The summed E-state index contributed by atoms with van der Waals surface area (Å²) in [7, 11) is 0. The summed E-state index contributed by atoms with van der Waals surface area (Å²) in [5.74, 6) is 0.179. The Morgan fingerprint density at radius 2 is 1.61 bits per heavy atom. The normalized spacial score (nSPS) is 10.3. The largest absolute Gasteiger partial charge is 0.491 e. The Morgan fingerprint density at radius 1 is 0.957 bits per heavy atom. The second-order valence-electron chi connectivity index (χ2n) is 5.38. The van der Waals surface area contributed by atoms with Crippen LogP contribution < -0.4 is 15.4 Å². The standard InChI is InChI=1S/C18H20N2O3/c1-12(2)23-15-8-6-7-14(11-15)18(22)20-17-10-5-4-9-16(17)19-13(3)21/h4-12H,1-3H3,(H,19,21)(H,20,22). The molecule has 0 radical (unpaired) electrons. The van der Waals surface area contributed by atoms with Gasteiger partial charge in [-0.3, -0.25) is 9.59 Å². The molecule has 0 aliphatic heterocycles. The molecule has 0 saturated carbocycles. The highest BCUT2D eigenvalue weighted by molar-refractivity contribution is 6.07. The van der Waals surface area contributed by atoms with Crippen LogP contribution in [0.2, 0.25) is 0 Å². The van der Waals surface area contributed by atoms with E-state index in [0.717, 1.165) is 0 Å². The van der Waals surface area contributed by atoms with Crippen molar-refractivity contribution in [3.05, 3.63) is 54.1 Å². The van der Waals surface area contributed by atoms with E-state index >= 15 is 0 Å². The molecule has 5 heteroatoms. The maximum atomic E-state index is 12.4. The fourth-order valence-corrected chi connectivity index (χ4v) is 2.07. The van der Waals surface area contributed by atoms with Crippen molar-refractivity contribution in [2.45, 2.75) is 26.9 Å². The first kappa shape index (κ1) is 16.5. The molecule has 5 nitrogen and oxygen atoms in total. The number of anilines is 2. The second kappa shape index (κ2) is 7.45. The lowest BCUT2D eigenvalue weighted by Gasteiger charge is -2.13. The summed E-state index contributed by atoms with van der Waals surface area (Å²) in [5.41, 5.74) is 1.59. The van der Waals surface area contributed by atoms with Crippen molar-refractivity contribution in [2.75, 3.05) is 10.6 Å². The first-order chi connectivity index (χ1) is 11.0. The topological polar surface area (TPSA) is 67.4 Å². The van der Waals surface area contributed by atoms with Crippen LogP contribution in [0, 0.1) is 0 Å². The van der Waals surface area contributed by atoms with E-state index in [2.05, 4.69) is 10.6 Å². The lowest BCUT2D eigenvalue weighted by atomic mass is 10.2. The minimum atomic E-state index is -0.267. The molecule has 23 heavy (non-hydrogen) atoms. The number of para-hydroxylation sites is 2. The predicted octanol–water partition coefficient (Wildman–Crippen LogP) is 3.68. The Morgan fingerprint density at radius 3 is 2.22 bits per heavy atom. The lowest BCUT2D eigenvalue weighted by molar-refractivity contribution is -0.114. The van der Waals surface area contributed by atoms with Crippen molar-refractivity contribution in [2.24, 2.45) is 0 Å². The molecule has 0 unspecified atom stereocenters. The monoisotopic (exact) mass is 312 g/mol. The summed E-state index contributed by atoms with van der Waals surface area (Å²) in [5, 5.41) is 5.49. The van der Waals surface area contributed by atoms with E-state index in [-0.39, 0.29) is 17.9 Å². The highest BCUT2D eigenvalue weighted by atomic mass is 16.5. The fourth-order valence-electron chi connectivity index (χ4n) is 2.07. The van der Waals surface area contributed by atoms with E-state index in [9.17, 15) is 9.59 Å². The summed E-state index contributed by atoms with van der Waals surface area (Å²) in [6.07, 6.45) is 0.0359. The zero-order valence-electron chi connectivity index (χ0n) is 13.4. The molecule has 120 valence electrons. The maximum absolute atomic E-state index is 12.4.